The molecule has 3 nitrogen and oxygen atoms in total. The lowest BCUT2D eigenvalue weighted by molar-refractivity contribution is -0.136. The maximum absolute atomic E-state index is 12.5. The van der Waals surface area contributed by atoms with Crippen LogP contribution < -0.4 is 4.74 Å². The lowest BCUT2D eigenvalue weighted by Crippen LogP contribution is -2.47. The first-order valence-corrected chi connectivity index (χ1v) is 8.69. The van der Waals surface area contributed by atoms with Gasteiger partial charge in [0.1, 0.15) is 5.75 Å². The van der Waals surface area contributed by atoms with Crippen LogP contribution >= 0.6 is 0 Å². The molecular formula is C21H23NO2. The number of amides is 1. The lowest BCUT2D eigenvalue weighted by Gasteiger charge is -2.41. The highest BCUT2D eigenvalue weighted by atomic mass is 16.5. The summed E-state index contributed by atoms with van der Waals surface area (Å²) in [6.07, 6.45) is 3.83. The van der Waals surface area contributed by atoms with Gasteiger partial charge in [-0.1, -0.05) is 36.4 Å². The molecule has 4 rings (SSSR count). The van der Waals surface area contributed by atoms with Crippen LogP contribution in [0.15, 0.2) is 48.5 Å². The first kappa shape index (κ1) is 15.3. The molecule has 0 saturated carbocycles. The number of benzene rings is 2. The average molecular weight is 321 g/mol. The fourth-order valence-corrected chi connectivity index (χ4v) is 4.31. The highest BCUT2D eigenvalue weighted by Crippen LogP contribution is 2.46. The SMILES string of the molecule is COc1ccc2c(c1)C1(CCC(=O)N(Cc3ccccc3)C1)CC2. The molecule has 0 N–H and O–H groups in total. The van der Waals surface area contributed by atoms with Crippen molar-refractivity contribution in [2.24, 2.45) is 0 Å². The Morgan fingerprint density at radius 1 is 1.08 bits per heavy atom. The van der Waals surface area contributed by atoms with Crippen molar-refractivity contribution in [3.8, 4) is 5.75 Å². The van der Waals surface area contributed by atoms with Gasteiger partial charge in [-0.2, -0.15) is 0 Å². The quantitative estimate of drug-likeness (QED) is 0.862. The third kappa shape index (κ3) is 2.58. The molecule has 1 saturated heterocycles. The molecule has 124 valence electrons. The molecule has 1 unspecified atom stereocenters. The Bertz CT molecular complexity index is 756. The number of carbonyl (C=O) groups excluding carboxylic acids is 1. The van der Waals surface area contributed by atoms with Crippen molar-refractivity contribution >= 4 is 5.91 Å². The van der Waals surface area contributed by atoms with Crippen molar-refractivity contribution in [1.29, 1.82) is 0 Å². The van der Waals surface area contributed by atoms with Crippen LogP contribution in [0, 0.1) is 0 Å². The summed E-state index contributed by atoms with van der Waals surface area (Å²) in [6.45, 7) is 1.53. The summed E-state index contributed by atoms with van der Waals surface area (Å²) in [5, 5.41) is 0. The van der Waals surface area contributed by atoms with E-state index in [0.717, 1.165) is 31.6 Å². The Kier molecular flexibility index (Phi) is 3.79. The summed E-state index contributed by atoms with van der Waals surface area (Å²) in [7, 11) is 1.72. The van der Waals surface area contributed by atoms with Crippen molar-refractivity contribution in [3.05, 3.63) is 65.2 Å². The second kappa shape index (κ2) is 5.97. The van der Waals surface area contributed by atoms with Crippen LogP contribution in [0.5, 0.6) is 5.75 Å². The number of carbonyl (C=O) groups is 1. The Morgan fingerprint density at radius 3 is 2.67 bits per heavy atom. The van der Waals surface area contributed by atoms with Crippen LogP contribution in [0.1, 0.15) is 36.0 Å². The molecule has 1 spiro atoms. The summed E-state index contributed by atoms with van der Waals surface area (Å²) < 4.78 is 5.44. The number of piperidine rings is 1. The van der Waals surface area contributed by atoms with Gasteiger partial charge in [0.2, 0.25) is 5.91 Å². The first-order valence-electron chi connectivity index (χ1n) is 8.69. The number of aryl methyl sites for hydroxylation is 1. The summed E-state index contributed by atoms with van der Waals surface area (Å²) in [6, 6.07) is 16.7. The molecule has 2 aromatic carbocycles. The molecule has 1 heterocycles. The molecular weight excluding hydrogens is 298 g/mol. The van der Waals surface area contributed by atoms with Crippen molar-refractivity contribution < 1.29 is 9.53 Å². The van der Waals surface area contributed by atoms with Crippen LogP contribution in [-0.2, 0) is 23.2 Å². The van der Waals surface area contributed by atoms with Crippen molar-refractivity contribution in [2.75, 3.05) is 13.7 Å². The monoisotopic (exact) mass is 321 g/mol. The molecule has 2 aromatic rings. The fraction of sp³-hybridized carbons (Fsp3) is 0.381. The van der Waals surface area contributed by atoms with Gasteiger partial charge in [-0.05, 0) is 48.1 Å². The number of fused-ring (bicyclic) bond motifs is 2. The van der Waals surface area contributed by atoms with Crippen molar-refractivity contribution in [3.63, 3.8) is 0 Å². The third-order valence-electron chi connectivity index (χ3n) is 5.64. The standard InChI is InChI=1S/C21H23NO2/c1-24-18-8-7-17-9-11-21(19(17)13-18)12-10-20(23)22(15-21)14-16-5-3-2-4-6-16/h2-8,13H,9-12,14-15H2,1H3. The van der Waals surface area contributed by atoms with E-state index in [-0.39, 0.29) is 11.3 Å². The van der Waals surface area contributed by atoms with Crippen molar-refractivity contribution in [1.82, 2.24) is 4.90 Å². The molecule has 1 aliphatic heterocycles. The van der Waals surface area contributed by atoms with Gasteiger partial charge in [0, 0.05) is 24.9 Å². The second-order valence-corrected chi connectivity index (χ2v) is 7.04. The van der Waals surface area contributed by atoms with Crippen LogP contribution in [0.4, 0.5) is 0 Å². The normalized spacial score (nSPS) is 22.7. The number of likely N-dealkylation sites (tertiary alicyclic amines) is 1. The van der Waals surface area contributed by atoms with Crippen LogP contribution in [0.3, 0.4) is 0 Å². The Hall–Kier alpha value is -2.29. The van der Waals surface area contributed by atoms with Gasteiger partial charge in [-0.15, -0.1) is 0 Å². The maximum Gasteiger partial charge on any atom is 0.222 e. The Labute approximate surface area is 143 Å². The zero-order valence-corrected chi connectivity index (χ0v) is 14.1. The Morgan fingerprint density at radius 2 is 1.88 bits per heavy atom. The van der Waals surface area contributed by atoms with E-state index in [1.165, 1.54) is 16.7 Å². The van der Waals surface area contributed by atoms with E-state index in [1.807, 2.05) is 29.2 Å². The number of rotatable bonds is 3. The van der Waals surface area contributed by atoms with E-state index >= 15 is 0 Å². The number of methoxy groups -OCH3 is 1. The van der Waals surface area contributed by atoms with E-state index in [2.05, 4.69) is 24.3 Å². The summed E-state index contributed by atoms with van der Waals surface area (Å²) in [5.41, 5.74) is 4.12. The predicted molar refractivity (Wildman–Crippen MR) is 94.1 cm³/mol. The zero-order chi connectivity index (χ0) is 16.6. The third-order valence-corrected chi connectivity index (χ3v) is 5.64. The minimum absolute atomic E-state index is 0.104. The average Bonchev–Trinajstić information content (AvgIpc) is 2.97. The fourth-order valence-electron chi connectivity index (χ4n) is 4.31. The van der Waals surface area contributed by atoms with Gasteiger partial charge in [0.15, 0.2) is 0 Å². The molecule has 0 bridgehead atoms. The number of hydrogen-bond acceptors (Lipinski definition) is 2. The number of ether oxygens (including phenoxy) is 1. The molecule has 0 aromatic heterocycles. The molecule has 24 heavy (non-hydrogen) atoms. The minimum Gasteiger partial charge on any atom is -0.497 e. The first-order chi connectivity index (χ1) is 11.7. The van der Waals surface area contributed by atoms with Crippen molar-refractivity contribution in [2.45, 2.75) is 37.6 Å². The maximum atomic E-state index is 12.5. The van der Waals surface area contributed by atoms with Gasteiger partial charge in [-0.25, -0.2) is 0 Å². The summed E-state index contributed by atoms with van der Waals surface area (Å²) >= 11 is 0. The number of hydrogen-bond donors (Lipinski definition) is 0. The van der Waals surface area contributed by atoms with E-state index in [9.17, 15) is 4.79 Å². The highest BCUT2D eigenvalue weighted by Gasteiger charge is 2.44. The smallest absolute Gasteiger partial charge is 0.222 e. The van der Waals surface area contributed by atoms with Crippen LogP contribution in [-0.4, -0.2) is 24.5 Å². The molecule has 3 heteroatoms. The van der Waals surface area contributed by atoms with E-state index in [4.69, 9.17) is 4.74 Å². The summed E-state index contributed by atoms with van der Waals surface area (Å²) in [4.78, 5) is 14.5. The number of nitrogens with zero attached hydrogens (tertiary/aromatic N) is 1. The lowest BCUT2D eigenvalue weighted by atomic mass is 9.75. The van der Waals surface area contributed by atoms with Crippen LogP contribution in [0.2, 0.25) is 0 Å². The summed E-state index contributed by atoms with van der Waals surface area (Å²) in [5.74, 6) is 1.20. The molecule has 1 aliphatic carbocycles. The molecule has 2 aliphatic rings. The van der Waals surface area contributed by atoms with Gasteiger partial charge in [0.25, 0.3) is 0 Å². The molecule has 1 atom stereocenters. The topological polar surface area (TPSA) is 29.5 Å². The van der Waals surface area contributed by atoms with Gasteiger partial charge >= 0.3 is 0 Å². The van der Waals surface area contributed by atoms with Gasteiger partial charge in [-0.3, -0.25) is 4.79 Å². The largest absolute Gasteiger partial charge is 0.497 e. The second-order valence-electron chi connectivity index (χ2n) is 7.04. The van der Waals surface area contributed by atoms with E-state index in [0.29, 0.717) is 13.0 Å². The van der Waals surface area contributed by atoms with E-state index < -0.39 is 0 Å². The van der Waals surface area contributed by atoms with Crippen LogP contribution in [0.25, 0.3) is 0 Å². The molecule has 1 amide bonds. The van der Waals surface area contributed by atoms with E-state index in [1.54, 1.807) is 7.11 Å². The Balaban J connectivity index is 1.63. The minimum atomic E-state index is 0.104. The highest BCUT2D eigenvalue weighted by molar-refractivity contribution is 5.78. The molecule has 1 fully saturated rings. The van der Waals surface area contributed by atoms with Gasteiger partial charge < -0.3 is 9.64 Å². The zero-order valence-electron chi connectivity index (χ0n) is 14.1. The molecule has 0 radical (unpaired) electrons. The van der Waals surface area contributed by atoms with Gasteiger partial charge in [0.05, 0.1) is 7.11 Å². The predicted octanol–water partition coefficient (Wildman–Crippen LogP) is 3.70.